The van der Waals surface area contributed by atoms with E-state index in [2.05, 4.69) is 42.7 Å². The van der Waals surface area contributed by atoms with Gasteiger partial charge in [-0.1, -0.05) is 24.3 Å². The van der Waals surface area contributed by atoms with Crippen LogP contribution in [-0.2, 0) is 13.2 Å². The molecule has 5 heteroatoms. The molecule has 1 heterocycles. The second-order valence-electron chi connectivity index (χ2n) is 7.31. The lowest BCUT2D eigenvalue weighted by Crippen LogP contribution is -2.13. The smallest absolute Gasteiger partial charge is 0.148 e. The minimum Gasteiger partial charge on any atom is -0.497 e. The number of hydrogen-bond acceptors (Lipinski definition) is 4. The lowest BCUT2D eigenvalue weighted by Gasteiger charge is -2.13. The van der Waals surface area contributed by atoms with E-state index in [1.807, 2.05) is 42.5 Å². The summed E-state index contributed by atoms with van der Waals surface area (Å²) in [6, 6.07) is 22.0. The van der Waals surface area contributed by atoms with Crippen molar-refractivity contribution in [1.29, 1.82) is 0 Å². The molecule has 5 nitrogen and oxygen atoms in total. The van der Waals surface area contributed by atoms with Gasteiger partial charge in [0, 0.05) is 6.07 Å². The lowest BCUT2D eigenvalue weighted by atomic mass is 10.1. The van der Waals surface area contributed by atoms with Gasteiger partial charge in [-0.25, -0.2) is 4.98 Å². The Kier molecular flexibility index (Phi) is 5.89. The first-order valence-corrected chi connectivity index (χ1v) is 10.0. The summed E-state index contributed by atoms with van der Waals surface area (Å²) in [7, 11) is 1.65. The molecule has 30 heavy (non-hydrogen) atoms. The van der Waals surface area contributed by atoms with E-state index >= 15 is 0 Å². The number of aromatic nitrogens is 2. The van der Waals surface area contributed by atoms with Crippen molar-refractivity contribution in [2.24, 2.45) is 0 Å². The molecular weight excluding hydrogens is 376 g/mol. The van der Waals surface area contributed by atoms with Crippen LogP contribution < -0.4 is 14.2 Å². The van der Waals surface area contributed by atoms with Crippen LogP contribution >= 0.6 is 0 Å². The molecule has 3 aromatic carbocycles. The van der Waals surface area contributed by atoms with Crippen molar-refractivity contribution >= 4 is 11.0 Å². The molecule has 0 N–H and O–H groups in total. The molecule has 0 saturated heterocycles. The lowest BCUT2D eigenvalue weighted by molar-refractivity contribution is 0.271. The molecule has 0 unspecified atom stereocenters. The summed E-state index contributed by atoms with van der Waals surface area (Å²) < 4.78 is 19.5. The number of ether oxygens (including phenoxy) is 3. The Labute approximate surface area is 176 Å². The quantitative estimate of drug-likeness (QED) is 0.400. The monoisotopic (exact) mass is 402 g/mol. The number of rotatable bonds is 8. The molecule has 0 aliphatic carbocycles. The van der Waals surface area contributed by atoms with Gasteiger partial charge in [0.2, 0.25) is 0 Å². The molecule has 0 radical (unpaired) electrons. The Balaban J connectivity index is 1.51. The third kappa shape index (κ3) is 4.57. The van der Waals surface area contributed by atoms with Gasteiger partial charge in [0.1, 0.15) is 36.3 Å². The molecular formula is C25H26N2O3. The highest BCUT2D eigenvalue weighted by Crippen LogP contribution is 2.22. The fraction of sp³-hybridized carbons (Fsp3) is 0.240. The predicted molar refractivity (Wildman–Crippen MR) is 118 cm³/mol. The van der Waals surface area contributed by atoms with Gasteiger partial charge >= 0.3 is 0 Å². The van der Waals surface area contributed by atoms with Crippen LogP contribution in [-0.4, -0.2) is 23.3 Å². The van der Waals surface area contributed by atoms with Gasteiger partial charge in [-0.05, 0) is 61.4 Å². The summed E-state index contributed by atoms with van der Waals surface area (Å²) in [5.74, 6) is 3.27. The van der Waals surface area contributed by atoms with Crippen LogP contribution in [0.5, 0.6) is 17.2 Å². The third-order valence-electron chi connectivity index (χ3n) is 4.92. The SMILES string of the molecule is COc1cccc(OCc2nc3ccccc3n2CCOc2cc(C)cc(C)c2)c1. The van der Waals surface area contributed by atoms with Gasteiger partial charge < -0.3 is 18.8 Å². The van der Waals surface area contributed by atoms with Crippen LogP contribution in [0.4, 0.5) is 0 Å². The summed E-state index contributed by atoms with van der Waals surface area (Å²) in [4.78, 5) is 4.78. The summed E-state index contributed by atoms with van der Waals surface area (Å²) >= 11 is 0. The second-order valence-corrected chi connectivity index (χ2v) is 7.31. The van der Waals surface area contributed by atoms with Crippen LogP contribution in [0, 0.1) is 13.8 Å². The highest BCUT2D eigenvalue weighted by Gasteiger charge is 2.12. The van der Waals surface area contributed by atoms with Crippen LogP contribution in [0.1, 0.15) is 17.0 Å². The Morgan fingerprint density at radius 2 is 1.57 bits per heavy atom. The van der Waals surface area contributed by atoms with Gasteiger partial charge in [0.05, 0.1) is 24.7 Å². The number of fused-ring (bicyclic) bond motifs is 1. The van der Waals surface area contributed by atoms with Crippen LogP contribution in [0.15, 0.2) is 66.7 Å². The topological polar surface area (TPSA) is 45.5 Å². The number of benzene rings is 3. The van der Waals surface area contributed by atoms with Gasteiger partial charge in [-0.2, -0.15) is 0 Å². The largest absolute Gasteiger partial charge is 0.497 e. The normalized spacial score (nSPS) is 10.9. The minimum atomic E-state index is 0.366. The van der Waals surface area contributed by atoms with Crippen molar-refractivity contribution in [3.05, 3.63) is 83.7 Å². The Hall–Kier alpha value is -3.47. The van der Waals surface area contributed by atoms with E-state index in [1.54, 1.807) is 7.11 Å². The van der Waals surface area contributed by atoms with E-state index in [-0.39, 0.29) is 0 Å². The molecule has 4 rings (SSSR count). The third-order valence-corrected chi connectivity index (χ3v) is 4.92. The zero-order chi connectivity index (χ0) is 20.9. The number of nitrogens with zero attached hydrogens (tertiary/aromatic N) is 2. The summed E-state index contributed by atoms with van der Waals surface area (Å²) in [5, 5.41) is 0. The second kappa shape index (κ2) is 8.91. The highest BCUT2D eigenvalue weighted by molar-refractivity contribution is 5.75. The zero-order valence-corrected chi connectivity index (χ0v) is 17.6. The molecule has 1 aromatic heterocycles. The Morgan fingerprint density at radius 1 is 0.800 bits per heavy atom. The minimum absolute atomic E-state index is 0.366. The first-order chi connectivity index (χ1) is 14.6. The van der Waals surface area contributed by atoms with Crippen LogP contribution in [0.2, 0.25) is 0 Å². The van der Waals surface area contributed by atoms with Gasteiger partial charge in [0.15, 0.2) is 0 Å². The van der Waals surface area contributed by atoms with Crippen molar-refractivity contribution in [3.8, 4) is 17.2 Å². The first-order valence-electron chi connectivity index (χ1n) is 10.0. The molecule has 4 aromatic rings. The number of imidazole rings is 1. The van der Waals surface area contributed by atoms with Gasteiger partial charge in [-0.15, -0.1) is 0 Å². The molecule has 0 saturated carbocycles. The molecule has 0 aliphatic heterocycles. The number of para-hydroxylation sites is 2. The first kappa shape index (κ1) is 19.8. The van der Waals surface area contributed by atoms with Gasteiger partial charge in [-0.3, -0.25) is 0 Å². The predicted octanol–water partition coefficient (Wildman–Crippen LogP) is 5.32. The van der Waals surface area contributed by atoms with E-state index in [0.29, 0.717) is 19.8 Å². The Morgan fingerprint density at radius 3 is 2.37 bits per heavy atom. The number of aryl methyl sites for hydroxylation is 2. The van der Waals surface area contributed by atoms with Crippen molar-refractivity contribution in [2.45, 2.75) is 27.0 Å². The maximum absolute atomic E-state index is 6.03. The molecule has 154 valence electrons. The summed E-state index contributed by atoms with van der Waals surface area (Å²) in [6.45, 7) is 5.76. The maximum Gasteiger partial charge on any atom is 0.148 e. The maximum atomic E-state index is 6.03. The van der Waals surface area contributed by atoms with E-state index in [1.165, 1.54) is 11.1 Å². The van der Waals surface area contributed by atoms with Crippen molar-refractivity contribution in [3.63, 3.8) is 0 Å². The van der Waals surface area contributed by atoms with E-state index in [0.717, 1.165) is 34.1 Å². The van der Waals surface area contributed by atoms with Crippen LogP contribution in [0.3, 0.4) is 0 Å². The fourth-order valence-electron chi connectivity index (χ4n) is 3.59. The van der Waals surface area contributed by atoms with Crippen LogP contribution in [0.25, 0.3) is 11.0 Å². The molecule has 0 fully saturated rings. The molecule has 0 bridgehead atoms. The van der Waals surface area contributed by atoms with Crippen molar-refractivity contribution in [2.75, 3.05) is 13.7 Å². The zero-order valence-electron chi connectivity index (χ0n) is 17.6. The molecule has 0 atom stereocenters. The molecule has 0 amide bonds. The van der Waals surface area contributed by atoms with Crippen molar-refractivity contribution in [1.82, 2.24) is 9.55 Å². The van der Waals surface area contributed by atoms with E-state index in [9.17, 15) is 0 Å². The standard InChI is InChI=1S/C25H26N2O3/c1-18-13-19(2)15-22(14-18)29-12-11-27-24-10-5-4-9-23(24)26-25(27)17-30-21-8-6-7-20(16-21)28-3/h4-10,13-16H,11-12,17H2,1-3H3. The molecule has 0 aliphatic rings. The number of hydrogen-bond donors (Lipinski definition) is 0. The fourth-order valence-corrected chi connectivity index (χ4v) is 3.59. The van der Waals surface area contributed by atoms with E-state index in [4.69, 9.17) is 19.2 Å². The average molecular weight is 402 g/mol. The summed E-state index contributed by atoms with van der Waals surface area (Å²) in [6.07, 6.45) is 0. The highest BCUT2D eigenvalue weighted by atomic mass is 16.5. The van der Waals surface area contributed by atoms with E-state index < -0.39 is 0 Å². The van der Waals surface area contributed by atoms with Crippen molar-refractivity contribution < 1.29 is 14.2 Å². The summed E-state index contributed by atoms with van der Waals surface area (Å²) in [5.41, 5.74) is 4.43. The van der Waals surface area contributed by atoms with Gasteiger partial charge in [0.25, 0.3) is 0 Å². The number of methoxy groups -OCH3 is 1. The molecule has 0 spiro atoms. The average Bonchev–Trinajstić information content (AvgIpc) is 3.09. The Bertz CT molecular complexity index is 1130.